The lowest BCUT2D eigenvalue weighted by atomic mass is 9.85. The molecule has 3 rings (SSSR count). The summed E-state index contributed by atoms with van der Waals surface area (Å²) in [6.45, 7) is 9.05. The molecule has 1 aliphatic rings. The van der Waals surface area contributed by atoms with Crippen molar-refractivity contribution < 1.29 is 19.8 Å². The fourth-order valence-corrected chi connectivity index (χ4v) is 3.90. The van der Waals surface area contributed by atoms with E-state index in [1.807, 2.05) is 20.8 Å². The number of ether oxygens (including phenoxy) is 1. The molecule has 2 N–H and O–H groups in total. The van der Waals surface area contributed by atoms with E-state index in [9.17, 15) is 0 Å². The molecular weight excluding hydrogens is 318 g/mol. The summed E-state index contributed by atoms with van der Waals surface area (Å²) in [5.41, 5.74) is 4.58. The normalized spacial score (nSPS) is 15.6. The number of aryl methyl sites for hydroxylation is 2. The summed E-state index contributed by atoms with van der Waals surface area (Å²) >= 11 is 0. The van der Waals surface area contributed by atoms with Gasteiger partial charge in [0.15, 0.2) is 0 Å². The molecule has 1 saturated carbocycles. The zero-order valence-electron chi connectivity index (χ0n) is 15.6. The molecule has 25 heavy (non-hydrogen) atoms. The average Bonchev–Trinajstić information content (AvgIpc) is 3.26. The van der Waals surface area contributed by atoms with E-state index < -0.39 is 0 Å². The Hall–Kier alpha value is -1.85. The van der Waals surface area contributed by atoms with Crippen molar-refractivity contribution in [3.63, 3.8) is 0 Å². The van der Waals surface area contributed by atoms with Gasteiger partial charge in [-0.05, 0) is 68.7 Å². The third-order valence-electron chi connectivity index (χ3n) is 5.19. The number of nitrogens with zero attached hydrogens (tertiary/aromatic N) is 1. The van der Waals surface area contributed by atoms with Crippen molar-refractivity contribution in [2.75, 3.05) is 6.61 Å². The van der Waals surface area contributed by atoms with Gasteiger partial charge in [0.1, 0.15) is 11.5 Å². The number of hydrogen-bond donors (Lipinski definition) is 2. The zero-order chi connectivity index (χ0) is 18.4. The molecule has 1 aliphatic carbocycles. The smallest absolute Gasteiger partial charge is 0.141 e. The van der Waals surface area contributed by atoms with E-state index in [0.29, 0.717) is 12.5 Å². The Morgan fingerprint density at radius 1 is 1.20 bits per heavy atom. The molecule has 2 aromatic rings. The van der Waals surface area contributed by atoms with Gasteiger partial charge in [-0.2, -0.15) is 0 Å². The van der Waals surface area contributed by atoms with Crippen molar-refractivity contribution in [1.29, 1.82) is 0 Å². The summed E-state index contributed by atoms with van der Waals surface area (Å²) in [5, 5.41) is 16.1. The summed E-state index contributed by atoms with van der Waals surface area (Å²) in [6.07, 6.45) is 5.44. The van der Waals surface area contributed by atoms with Crippen LogP contribution in [0.5, 0.6) is 5.75 Å². The van der Waals surface area contributed by atoms with Crippen LogP contribution in [0.25, 0.3) is 11.1 Å². The molecular formula is C20H29NO4. The molecule has 138 valence electrons. The third kappa shape index (κ3) is 4.41. The maximum atomic E-state index is 6.00. The van der Waals surface area contributed by atoms with Crippen LogP contribution in [0, 0.1) is 19.8 Å². The summed E-state index contributed by atoms with van der Waals surface area (Å²) in [4.78, 5) is 0. The van der Waals surface area contributed by atoms with Crippen molar-refractivity contribution in [2.24, 2.45) is 5.92 Å². The number of aromatic nitrogens is 1. The van der Waals surface area contributed by atoms with Gasteiger partial charge in [-0.15, -0.1) is 0 Å². The summed E-state index contributed by atoms with van der Waals surface area (Å²) in [5.74, 6) is 3.18. The van der Waals surface area contributed by atoms with Crippen molar-refractivity contribution in [3.05, 3.63) is 35.2 Å². The molecule has 5 nitrogen and oxygen atoms in total. The Balaban J connectivity index is 0.00000109. The van der Waals surface area contributed by atoms with Crippen LogP contribution in [0.4, 0.5) is 0 Å². The monoisotopic (exact) mass is 347 g/mol. The highest BCUT2D eigenvalue weighted by atomic mass is 17.0. The van der Waals surface area contributed by atoms with Crippen molar-refractivity contribution >= 4 is 0 Å². The van der Waals surface area contributed by atoms with Crippen LogP contribution >= 0.6 is 0 Å². The molecule has 1 atom stereocenters. The summed E-state index contributed by atoms with van der Waals surface area (Å²) in [6, 6.07) is 6.63. The highest BCUT2D eigenvalue weighted by molar-refractivity contribution is 5.70. The number of rotatable bonds is 5. The Bertz CT molecular complexity index is 655. The van der Waals surface area contributed by atoms with Gasteiger partial charge in [0.2, 0.25) is 0 Å². The first-order chi connectivity index (χ1) is 12.1. The molecule has 0 radical (unpaired) electrons. The first kappa shape index (κ1) is 19.5. The highest BCUT2D eigenvalue weighted by Crippen LogP contribution is 2.40. The predicted molar refractivity (Wildman–Crippen MR) is 98.2 cm³/mol. The molecule has 5 heteroatoms. The van der Waals surface area contributed by atoms with Crippen LogP contribution in [-0.4, -0.2) is 22.3 Å². The van der Waals surface area contributed by atoms with Gasteiger partial charge in [0, 0.05) is 5.56 Å². The molecule has 0 bridgehead atoms. The highest BCUT2D eigenvalue weighted by Gasteiger charge is 2.24. The van der Waals surface area contributed by atoms with E-state index in [-0.39, 0.29) is 0 Å². The van der Waals surface area contributed by atoms with E-state index in [0.717, 1.165) is 34.2 Å². The van der Waals surface area contributed by atoms with Gasteiger partial charge >= 0.3 is 0 Å². The van der Waals surface area contributed by atoms with E-state index in [1.54, 1.807) is 0 Å². The van der Waals surface area contributed by atoms with Crippen LogP contribution in [0.2, 0.25) is 0 Å². The van der Waals surface area contributed by atoms with Crippen molar-refractivity contribution in [3.8, 4) is 16.9 Å². The van der Waals surface area contributed by atoms with Gasteiger partial charge in [0.25, 0.3) is 0 Å². The van der Waals surface area contributed by atoms with Crippen LogP contribution in [-0.2, 0) is 0 Å². The Labute approximate surface area is 149 Å². The maximum Gasteiger partial charge on any atom is 0.141 e. The minimum atomic E-state index is 0.567. The molecule has 0 amide bonds. The second-order valence-electron chi connectivity index (χ2n) is 6.76. The van der Waals surface area contributed by atoms with Gasteiger partial charge < -0.3 is 9.26 Å². The molecule has 1 unspecified atom stereocenters. The van der Waals surface area contributed by atoms with Crippen molar-refractivity contribution in [2.45, 2.75) is 59.3 Å². The first-order valence-corrected chi connectivity index (χ1v) is 9.01. The average molecular weight is 347 g/mol. The largest absolute Gasteiger partial charge is 0.494 e. The number of hydrogen-bond acceptors (Lipinski definition) is 5. The van der Waals surface area contributed by atoms with E-state index in [4.69, 9.17) is 19.8 Å². The lowest BCUT2D eigenvalue weighted by Crippen LogP contribution is -2.06. The standard InChI is InChI=1S/C20H27NO2.H2O2/c1-5-22-19-11-17(13(2)16-8-6-7-9-16)10-18(12-19)20-14(3)21-23-15(20)4;1-2/h10-13,16H,5-9H2,1-4H3;1-2H. The minimum Gasteiger partial charge on any atom is -0.494 e. The molecule has 0 aliphatic heterocycles. The molecule has 0 spiro atoms. The second-order valence-corrected chi connectivity index (χ2v) is 6.76. The topological polar surface area (TPSA) is 75.7 Å². The predicted octanol–water partition coefficient (Wildman–Crippen LogP) is 5.67. The first-order valence-electron chi connectivity index (χ1n) is 9.01. The van der Waals surface area contributed by atoms with Gasteiger partial charge in [-0.3, -0.25) is 10.5 Å². The maximum absolute atomic E-state index is 6.00. The Kier molecular flexibility index (Phi) is 7.02. The fraction of sp³-hybridized carbons (Fsp3) is 0.550. The van der Waals surface area contributed by atoms with Crippen LogP contribution < -0.4 is 4.74 Å². The van der Waals surface area contributed by atoms with Gasteiger partial charge in [-0.25, -0.2) is 0 Å². The van der Waals surface area contributed by atoms with Crippen LogP contribution in [0.15, 0.2) is 22.7 Å². The van der Waals surface area contributed by atoms with Gasteiger partial charge in [0.05, 0.1) is 12.3 Å². The second kappa shape index (κ2) is 9.02. The Morgan fingerprint density at radius 3 is 2.44 bits per heavy atom. The van der Waals surface area contributed by atoms with Gasteiger partial charge in [-0.1, -0.05) is 31.0 Å². The molecule has 1 heterocycles. The number of benzene rings is 1. The summed E-state index contributed by atoms with van der Waals surface area (Å²) < 4.78 is 11.2. The molecule has 0 saturated heterocycles. The van der Waals surface area contributed by atoms with E-state index >= 15 is 0 Å². The van der Waals surface area contributed by atoms with Crippen LogP contribution in [0.1, 0.15) is 62.5 Å². The lowest BCUT2D eigenvalue weighted by molar-refractivity contribution is -0.176. The molecule has 1 fully saturated rings. The summed E-state index contributed by atoms with van der Waals surface area (Å²) in [7, 11) is 0. The van der Waals surface area contributed by atoms with Crippen LogP contribution in [0.3, 0.4) is 0 Å². The quantitative estimate of drug-likeness (QED) is 0.538. The fourth-order valence-electron chi connectivity index (χ4n) is 3.90. The zero-order valence-corrected chi connectivity index (χ0v) is 15.6. The third-order valence-corrected chi connectivity index (χ3v) is 5.19. The SMILES string of the molecule is CCOc1cc(-c2c(C)noc2C)cc(C(C)C2CCCC2)c1.OO. The lowest BCUT2D eigenvalue weighted by Gasteiger charge is -2.21. The van der Waals surface area contributed by atoms with E-state index in [1.165, 1.54) is 31.2 Å². The Morgan fingerprint density at radius 2 is 1.88 bits per heavy atom. The van der Waals surface area contributed by atoms with E-state index in [2.05, 4.69) is 30.3 Å². The molecule has 1 aromatic carbocycles. The van der Waals surface area contributed by atoms with Crippen molar-refractivity contribution in [1.82, 2.24) is 5.16 Å². The minimum absolute atomic E-state index is 0.567. The molecule has 1 aromatic heterocycles.